The molecule has 3 heteroatoms. The van der Waals surface area contributed by atoms with Crippen LogP contribution in [-0.4, -0.2) is 18.2 Å². The van der Waals surface area contributed by atoms with E-state index >= 15 is 0 Å². The minimum Gasteiger partial charge on any atom is -0.356 e. The lowest BCUT2D eigenvalue weighted by atomic mass is 9.54. The average Bonchev–Trinajstić information content (AvgIpc) is 3.53. The smallest absolute Gasteiger partial charge is 0.220 e. The topological polar surface area (TPSA) is 46.2 Å². The second-order valence-corrected chi connectivity index (χ2v) is 9.99. The number of carbonyl (C=O) groups excluding carboxylic acids is 2. The molecule has 3 atom stereocenters. The number of hydrogen-bond acceptors (Lipinski definition) is 2. The first-order valence-electron chi connectivity index (χ1n) is 12.3. The standard InChI is InChI=1S/C28H37NO2/c1-21(10-12-22-6-3-2-4-7-22)11-15-25-16-17-26(30)28(25)19-18-24(28)8-5-9-27(31)29-20-23-13-14-23/h2-4,6-7,11,15-16,21,23-24H,5,8-10,12-14,17-20H2,1H3,(H,29,31)/b15-11+/t21-,24?,28-/m0/s1. The van der Waals surface area contributed by atoms with Gasteiger partial charge in [0, 0.05) is 19.4 Å². The van der Waals surface area contributed by atoms with Gasteiger partial charge >= 0.3 is 0 Å². The molecule has 1 unspecified atom stereocenters. The molecule has 0 radical (unpaired) electrons. The highest BCUT2D eigenvalue weighted by atomic mass is 16.1. The van der Waals surface area contributed by atoms with Gasteiger partial charge in [0.05, 0.1) is 5.41 Å². The third kappa shape index (κ3) is 5.37. The Balaban J connectivity index is 1.26. The lowest BCUT2D eigenvalue weighted by molar-refractivity contribution is -0.133. The van der Waals surface area contributed by atoms with Crippen molar-refractivity contribution in [1.82, 2.24) is 5.32 Å². The molecule has 31 heavy (non-hydrogen) atoms. The molecule has 2 saturated carbocycles. The van der Waals surface area contributed by atoms with Crippen molar-refractivity contribution in [3.8, 4) is 0 Å². The molecular formula is C28H37NO2. The molecule has 0 bridgehead atoms. The minimum atomic E-state index is -0.250. The molecule has 0 aromatic heterocycles. The van der Waals surface area contributed by atoms with E-state index in [1.807, 2.05) is 0 Å². The zero-order chi connectivity index (χ0) is 21.7. The number of rotatable bonds is 11. The Kier molecular flexibility index (Phi) is 7.09. The molecule has 0 heterocycles. The van der Waals surface area contributed by atoms with Crippen LogP contribution in [0.1, 0.15) is 70.3 Å². The highest BCUT2D eigenvalue weighted by molar-refractivity contribution is 5.94. The van der Waals surface area contributed by atoms with Crippen molar-refractivity contribution in [3.05, 3.63) is 59.7 Å². The molecule has 3 nitrogen and oxygen atoms in total. The monoisotopic (exact) mass is 419 g/mol. The van der Waals surface area contributed by atoms with Crippen molar-refractivity contribution in [2.45, 2.75) is 71.1 Å². The Hall–Kier alpha value is -2.16. The lowest BCUT2D eigenvalue weighted by Gasteiger charge is -2.47. The van der Waals surface area contributed by atoms with Crippen LogP contribution in [0.15, 0.2) is 54.1 Å². The highest BCUT2D eigenvalue weighted by Gasteiger charge is 2.55. The van der Waals surface area contributed by atoms with Gasteiger partial charge in [0.25, 0.3) is 0 Å². The first kappa shape index (κ1) is 22.0. The molecule has 2 fully saturated rings. The number of ketones is 1. The second-order valence-electron chi connectivity index (χ2n) is 9.99. The number of hydrogen-bond donors (Lipinski definition) is 1. The van der Waals surface area contributed by atoms with Gasteiger partial charge < -0.3 is 5.32 Å². The predicted molar refractivity (Wildman–Crippen MR) is 126 cm³/mol. The summed E-state index contributed by atoms with van der Waals surface area (Å²) >= 11 is 0. The summed E-state index contributed by atoms with van der Waals surface area (Å²) in [4.78, 5) is 24.9. The maximum Gasteiger partial charge on any atom is 0.220 e. The number of carbonyl (C=O) groups is 2. The van der Waals surface area contributed by atoms with E-state index in [0.717, 1.165) is 51.0 Å². The maximum atomic E-state index is 12.9. The average molecular weight is 420 g/mol. The van der Waals surface area contributed by atoms with E-state index < -0.39 is 0 Å². The molecule has 4 rings (SSSR count). The molecule has 0 saturated heterocycles. The van der Waals surface area contributed by atoms with Gasteiger partial charge in [-0.25, -0.2) is 0 Å². The van der Waals surface area contributed by atoms with Gasteiger partial charge in [-0.3, -0.25) is 9.59 Å². The molecule has 3 aliphatic rings. The molecule has 1 aromatic rings. The SMILES string of the molecule is C[C@H](/C=C/C1=CCC(=O)[C@]12CCC2CCCC(=O)NCC1CC1)CCc1ccccc1. The van der Waals surface area contributed by atoms with Gasteiger partial charge in [-0.15, -0.1) is 0 Å². The van der Waals surface area contributed by atoms with Crippen LogP contribution in [0.2, 0.25) is 0 Å². The largest absolute Gasteiger partial charge is 0.356 e. The van der Waals surface area contributed by atoms with Gasteiger partial charge in [0.1, 0.15) is 5.78 Å². The Morgan fingerprint density at radius 2 is 2.03 bits per heavy atom. The molecule has 1 spiro atoms. The first-order chi connectivity index (χ1) is 15.1. The Bertz CT molecular complexity index is 836. The Morgan fingerprint density at radius 1 is 1.23 bits per heavy atom. The van der Waals surface area contributed by atoms with Crippen LogP contribution in [0, 0.1) is 23.2 Å². The summed E-state index contributed by atoms with van der Waals surface area (Å²) in [5.41, 5.74) is 2.38. The molecular weight excluding hydrogens is 382 g/mol. The van der Waals surface area contributed by atoms with Crippen molar-refractivity contribution in [2.24, 2.45) is 23.2 Å². The fourth-order valence-electron chi connectivity index (χ4n) is 5.30. The molecule has 3 aliphatic carbocycles. The van der Waals surface area contributed by atoms with Gasteiger partial charge in [-0.1, -0.05) is 55.5 Å². The summed E-state index contributed by atoms with van der Waals surface area (Å²) < 4.78 is 0. The number of benzene rings is 1. The van der Waals surface area contributed by atoms with Gasteiger partial charge in [-0.2, -0.15) is 0 Å². The van der Waals surface area contributed by atoms with E-state index in [-0.39, 0.29) is 11.3 Å². The van der Waals surface area contributed by atoms with Crippen LogP contribution >= 0.6 is 0 Å². The van der Waals surface area contributed by atoms with E-state index in [9.17, 15) is 9.59 Å². The predicted octanol–water partition coefficient (Wildman–Crippen LogP) is 5.80. The summed E-state index contributed by atoms with van der Waals surface area (Å²) in [5, 5.41) is 3.06. The Morgan fingerprint density at radius 3 is 2.74 bits per heavy atom. The third-order valence-electron chi connectivity index (χ3n) is 7.68. The number of aryl methyl sites for hydroxylation is 1. The van der Waals surface area contributed by atoms with Crippen molar-refractivity contribution in [3.63, 3.8) is 0 Å². The Labute approximate surface area is 187 Å². The van der Waals surface area contributed by atoms with Crippen molar-refractivity contribution in [2.75, 3.05) is 6.54 Å². The van der Waals surface area contributed by atoms with Crippen LogP contribution in [-0.2, 0) is 16.0 Å². The van der Waals surface area contributed by atoms with Crippen molar-refractivity contribution < 1.29 is 9.59 Å². The number of Topliss-reactive ketones (excluding diaryl/α,β-unsaturated/α-hetero) is 1. The number of nitrogens with one attached hydrogen (secondary N) is 1. The lowest BCUT2D eigenvalue weighted by Crippen LogP contribution is -2.45. The van der Waals surface area contributed by atoms with E-state index in [2.05, 4.69) is 60.8 Å². The summed E-state index contributed by atoms with van der Waals surface area (Å²) in [5.74, 6) is 2.21. The van der Waals surface area contributed by atoms with Gasteiger partial charge in [-0.05, 0) is 80.3 Å². The van der Waals surface area contributed by atoms with Gasteiger partial charge in [0.2, 0.25) is 5.91 Å². The van der Waals surface area contributed by atoms with Crippen LogP contribution in [0.25, 0.3) is 0 Å². The summed E-state index contributed by atoms with van der Waals surface area (Å²) in [6.07, 6.45) is 16.6. The first-order valence-corrected chi connectivity index (χ1v) is 12.3. The molecule has 1 aromatic carbocycles. The summed E-state index contributed by atoms with van der Waals surface area (Å²) in [6.45, 7) is 3.12. The zero-order valence-corrected chi connectivity index (χ0v) is 18.9. The fraction of sp³-hybridized carbons (Fsp3) is 0.571. The van der Waals surface area contributed by atoms with E-state index in [1.54, 1.807) is 0 Å². The van der Waals surface area contributed by atoms with Crippen LogP contribution < -0.4 is 5.32 Å². The van der Waals surface area contributed by atoms with Gasteiger partial charge in [0.15, 0.2) is 0 Å². The van der Waals surface area contributed by atoms with Crippen molar-refractivity contribution >= 4 is 11.7 Å². The van der Waals surface area contributed by atoms with Crippen LogP contribution in [0.3, 0.4) is 0 Å². The minimum absolute atomic E-state index is 0.181. The molecule has 166 valence electrons. The van der Waals surface area contributed by atoms with E-state index in [4.69, 9.17) is 0 Å². The quantitative estimate of drug-likeness (QED) is 0.492. The second kappa shape index (κ2) is 9.97. The van der Waals surface area contributed by atoms with E-state index in [0.29, 0.717) is 30.5 Å². The van der Waals surface area contributed by atoms with E-state index in [1.165, 1.54) is 24.0 Å². The number of amides is 1. The van der Waals surface area contributed by atoms with Crippen LogP contribution in [0.4, 0.5) is 0 Å². The normalized spacial score (nSPS) is 26.2. The fourth-order valence-corrected chi connectivity index (χ4v) is 5.30. The highest BCUT2D eigenvalue weighted by Crippen LogP contribution is 2.58. The molecule has 0 aliphatic heterocycles. The molecule has 1 N–H and O–H groups in total. The zero-order valence-electron chi connectivity index (χ0n) is 18.9. The van der Waals surface area contributed by atoms with Crippen LogP contribution in [0.5, 0.6) is 0 Å². The summed E-state index contributed by atoms with van der Waals surface area (Å²) in [7, 11) is 0. The number of allylic oxidation sites excluding steroid dienone is 4. The van der Waals surface area contributed by atoms with Crippen molar-refractivity contribution in [1.29, 1.82) is 0 Å². The summed E-state index contributed by atoms with van der Waals surface area (Å²) in [6, 6.07) is 10.6. The maximum absolute atomic E-state index is 12.9. The third-order valence-corrected chi connectivity index (χ3v) is 7.68. The molecule has 1 amide bonds.